The van der Waals surface area contributed by atoms with Gasteiger partial charge in [0, 0.05) is 12.1 Å². The number of nitrogens with one attached hydrogen (secondary N) is 1. The molecule has 15 heavy (non-hydrogen) atoms. The zero-order chi connectivity index (χ0) is 11.5. The average molecular weight is 217 g/mol. The van der Waals surface area contributed by atoms with E-state index in [1.165, 1.54) is 0 Å². The molecule has 0 heterocycles. The maximum absolute atomic E-state index is 5.81. The van der Waals surface area contributed by atoms with Crippen molar-refractivity contribution in [3.63, 3.8) is 0 Å². The largest absolute Gasteiger partial charge is 0.330 e. The van der Waals surface area contributed by atoms with Gasteiger partial charge in [-0.25, -0.2) is 0 Å². The normalized spacial score (nSPS) is 15.2. The van der Waals surface area contributed by atoms with Crippen molar-refractivity contribution in [2.24, 2.45) is 22.9 Å². The molecular formula is C10H27N5. The van der Waals surface area contributed by atoms with E-state index < -0.39 is 0 Å². The van der Waals surface area contributed by atoms with Crippen molar-refractivity contribution in [3.8, 4) is 0 Å². The van der Waals surface area contributed by atoms with Gasteiger partial charge in [0.15, 0.2) is 0 Å². The molecule has 0 aromatic heterocycles. The number of hydrogen-bond donors (Lipinski definition) is 5. The van der Waals surface area contributed by atoms with E-state index in [1.54, 1.807) is 0 Å². The quantitative estimate of drug-likeness (QED) is 0.292. The van der Waals surface area contributed by atoms with Crippen molar-refractivity contribution < 1.29 is 0 Å². The van der Waals surface area contributed by atoms with Gasteiger partial charge in [0.25, 0.3) is 0 Å². The van der Waals surface area contributed by atoms with Crippen LogP contribution in [0.1, 0.15) is 25.7 Å². The molecule has 0 saturated heterocycles. The molecular weight excluding hydrogens is 190 g/mol. The Labute approximate surface area is 92.9 Å². The van der Waals surface area contributed by atoms with Gasteiger partial charge in [-0.05, 0) is 51.9 Å². The Hall–Kier alpha value is -0.200. The van der Waals surface area contributed by atoms with E-state index in [0.29, 0.717) is 13.1 Å². The second-order valence-corrected chi connectivity index (χ2v) is 4.00. The summed E-state index contributed by atoms with van der Waals surface area (Å²) >= 11 is 0. The molecule has 0 saturated carbocycles. The first-order valence-corrected chi connectivity index (χ1v) is 5.82. The number of hydrogen-bond acceptors (Lipinski definition) is 5. The van der Waals surface area contributed by atoms with E-state index in [0.717, 1.165) is 38.8 Å². The summed E-state index contributed by atoms with van der Waals surface area (Å²) in [5.74, 6) is 0. The zero-order valence-corrected chi connectivity index (χ0v) is 9.62. The average Bonchev–Trinajstić information content (AvgIpc) is 2.18. The van der Waals surface area contributed by atoms with Crippen molar-refractivity contribution in [2.75, 3.05) is 26.2 Å². The summed E-state index contributed by atoms with van der Waals surface area (Å²) in [4.78, 5) is 0. The zero-order valence-electron chi connectivity index (χ0n) is 9.62. The maximum Gasteiger partial charge on any atom is 0.00629 e. The highest BCUT2D eigenvalue weighted by Gasteiger charge is 2.02. The van der Waals surface area contributed by atoms with Crippen LogP contribution in [0.25, 0.3) is 0 Å². The first-order chi connectivity index (χ1) is 7.20. The van der Waals surface area contributed by atoms with Crippen molar-refractivity contribution in [1.82, 2.24) is 5.32 Å². The molecule has 0 aliphatic rings. The molecule has 9 N–H and O–H groups in total. The van der Waals surface area contributed by atoms with Crippen LogP contribution in [0.2, 0.25) is 0 Å². The third-order valence-electron chi connectivity index (χ3n) is 2.46. The molecule has 0 aliphatic heterocycles. The lowest BCUT2D eigenvalue weighted by Gasteiger charge is -2.13. The van der Waals surface area contributed by atoms with Gasteiger partial charge < -0.3 is 28.3 Å². The lowest BCUT2D eigenvalue weighted by Crippen LogP contribution is -2.32. The summed E-state index contributed by atoms with van der Waals surface area (Å²) in [7, 11) is 0. The van der Waals surface area contributed by atoms with E-state index in [-0.39, 0.29) is 12.1 Å². The Morgan fingerprint density at radius 1 is 0.733 bits per heavy atom. The van der Waals surface area contributed by atoms with Crippen LogP contribution in [0.3, 0.4) is 0 Å². The minimum absolute atomic E-state index is 0.222. The third-order valence-corrected chi connectivity index (χ3v) is 2.46. The van der Waals surface area contributed by atoms with Gasteiger partial charge in [-0.3, -0.25) is 0 Å². The monoisotopic (exact) mass is 217 g/mol. The fraction of sp³-hybridized carbons (Fsp3) is 1.00. The van der Waals surface area contributed by atoms with Crippen LogP contribution in [0.15, 0.2) is 0 Å². The Balaban J connectivity index is 3.17. The maximum atomic E-state index is 5.81. The second kappa shape index (κ2) is 10.3. The minimum Gasteiger partial charge on any atom is -0.330 e. The highest BCUT2D eigenvalue weighted by molar-refractivity contribution is 4.66. The summed E-state index contributed by atoms with van der Waals surface area (Å²) in [6.07, 6.45) is 3.75. The van der Waals surface area contributed by atoms with Gasteiger partial charge in [0.2, 0.25) is 0 Å². The fourth-order valence-corrected chi connectivity index (χ4v) is 1.42. The van der Waals surface area contributed by atoms with Crippen LogP contribution in [0.4, 0.5) is 0 Å². The molecule has 5 nitrogen and oxygen atoms in total. The highest BCUT2D eigenvalue weighted by Crippen LogP contribution is 1.93. The molecule has 92 valence electrons. The first kappa shape index (κ1) is 14.8. The van der Waals surface area contributed by atoms with Crippen molar-refractivity contribution in [3.05, 3.63) is 0 Å². The smallest absolute Gasteiger partial charge is 0.00629 e. The van der Waals surface area contributed by atoms with Crippen LogP contribution in [0, 0.1) is 0 Å². The Morgan fingerprint density at radius 3 is 1.47 bits per heavy atom. The SMILES string of the molecule is NCCC(N)CCNCCC(N)CCN. The molecule has 0 fully saturated rings. The van der Waals surface area contributed by atoms with Crippen molar-refractivity contribution in [1.29, 1.82) is 0 Å². The summed E-state index contributed by atoms with van der Waals surface area (Å²) in [6.45, 7) is 3.22. The summed E-state index contributed by atoms with van der Waals surface area (Å²) < 4.78 is 0. The van der Waals surface area contributed by atoms with Crippen LogP contribution in [-0.4, -0.2) is 38.3 Å². The molecule has 0 aromatic carbocycles. The second-order valence-electron chi connectivity index (χ2n) is 4.00. The van der Waals surface area contributed by atoms with Gasteiger partial charge in [-0.15, -0.1) is 0 Å². The lowest BCUT2D eigenvalue weighted by molar-refractivity contribution is 0.503. The highest BCUT2D eigenvalue weighted by atomic mass is 14.9. The molecule has 2 unspecified atom stereocenters. The van der Waals surface area contributed by atoms with Crippen LogP contribution in [0.5, 0.6) is 0 Å². The minimum atomic E-state index is 0.222. The Kier molecular flexibility index (Phi) is 10.2. The third kappa shape index (κ3) is 10.1. The standard InChI is InChI=1S/C10H27N5/c11-5-1-9(13)3-7-15-8-4-10(14)2-6-12/h9-10,15H,1-8,11-14H2. The van der Waals surface area contributed by atoms with Crippen LogP contribution < -0.4 is 28.3 Å². The van der Waals surface area contributed by atoms with E-state index in [2.05, 4.69) is 5.32 Å². The molecule has 0 spiro atoms. The van der Waals surface area contributed by atoms with Gasteiger partial charge in [0.05, 0.1) is 0 Å². The fourth-order valence-electron chi connectivity index (χ4n) is 1.42. The van der Waals surface area contributed by atoms with E-state index in [1.807, 2.05) is 0 Å². The first-order valence-electron chi connectivity index (χ1n) is 5.82. The predicted molar refractivity (Wildman–Crippen MR) is 65.4 cm³/mol. The molecule has 2 atom stereocenters. The van der Waals surface area contributed by atoms with Crippen LogP contribution in [-0.2, 0) is 0 Å². The summed E-state index contributed by atoms with van der Waals surface area (Å²) in [6, 6.07) is 0.445. The van der Waals surface area contributed by atoms with Gasteiger partial charge in [0.1, 0.15) is 0 Å². The molecule has 5 heteroatoms. The lowest BCUT2D eigenvalue weighted by atomic mass is 10.1. The topological polar surface area (TPSA) is 116 Å². The molecule has 0 bridgehead atoms. The van der Waals surface area contributed by atoms with E-state index >= 15 is 0 Å². The molecule has 0 aromatic rings. The summed E-state index contributed by atoms with van der Waals surface area (Å²) in [5.41, 5.74) is 22.4. The Bertz CT molecular complexity index is 117. The number of rotatable bonds is 10. The van der Waals surface area contributed by atoms with E-state index in [9.17, 15) is 0 Å². The van der Waals surface area contributed by atoms with Crippen molar-refractivity contribution in [2.45, 2.75) is 37.8 Å². The predicted octanol–water partition coefficient (Wildman–Crippen LogP) is -1.29. The summed E-state index contributed by atoms with van der Waals surface area (Å²) in [5, 5.41) is 3.32. The molecule has 0 rings (SSSR count). The van der Waals surface area contributed by atoms with E-state index in [4.69, 9.17) is 22.9 Å². The van der Waals surface area contributed by atoms with Gasteiger partial charge >= 0.3 is 0 Å². The van der Waals surface area contributed by atoms with Gasteiger partial charge in [-0.2, -0.15) is 0 Å². The molecule has 0 radical (unpaired) electrons. The van der Waals surface area contributed by atoms with Crippen molar-refractivity contribution >= 4 is 0 Å². The van der Waals surface area contributed by atoms with Crippen LogP contribution >= 0.6 is 0 Å². The molecule has 0 aliphatic carbocycles. The molecule has 0 amide bonds. The number of nitrogens with two attached hydrogens (primary N) is 4. The Morgan fingerprint density at radius 2 is 1.13 bits per heavy atom. The van der Waals surface area contributed by atoms with Gasteiger partial charge in [-0.1, -0.05) is 0 Å².